The number of hydrogen-bond acceptors (Lipinski definition) is 9. The van der Waals surface area contributed by atoms with Gasteiger partial charge in [0, 0.05) is 55.8 Å². The lowest BCUT2D eigenvalue weighted by atomic mass is 10.1. The summed E-state index contributed by atoms with van der Waals surface area (Å²) in [7, 11) is 9.50. The van der Waals surface area contributed by atoms with E-state index >= 15 is 0 Å². The molecule has 200 valence electrons. The van der Waals surface area contributed by atoms with E-state index in [4.69, 9.17) is 10.1 Å². The molecule has 0 saturated heterocycles. The van der Waals surface area contributed by atoms with Crippen LogP contribution in [0.2, 0.25) is 0 Å². The number of carbonyl (C=O) groups is 1. The minimum atomic E-state index is -0.304. The van der Waals surface area contributed by atoms with Gasteiger partial charge in [0.1, 0.15) is 17.9 Å². The van der Waals surface area contributed by atoms with Crippen LogP contribution in [0, 0.1) is 5.41 Å². The fourth-order valence-electron chi connectivity index (χ4n) is 3.96. The molecule has 0 fully saturated rings. The number of ether oxygens (including phenoxy) is 1. The van der Waals surface area contributed by atoms with Crippen LogP contribution in [0.1, 0.15) is 12.0 Å². The lowest BCUT2D eigenvalue weighted by Gasteiger charge is -2.25. The van der Waals surface area contributed by atoms with Gasteiger partial charge in [0.2, 0.25) is 5.91 Å². The van der Waals surface area contributed by atoms with Crippen molar-refractivity contribution < 1.29 is 9.53 Å². The molecular formula is C28H36N8O2. The normalized spacial score (nSPS) is 10.6. The van der Waals surface area contributed by atoms with Crippen molar-refractivity contribution in [1.82, 2.24) is 14.9 Å². The summed E-state index contributed by atoms with van der Waals surface area (Å²) >= 11 is 0. The van der Waals surface area contributed by atoms with Crippen LogP contribution in [-0.4, -0.2) is 75.4 Å². The molecule has 3 rings (SSSR count). The Morgan fingerprint density at radius 1 is 1.08 bits per heavy atom. The van der Waals surface area contributed by atoms with E-state index in [-0.39, 0.29) is 5.91 Å². The molecule has 0 radical (unpaired) electrons. The molecule has 1 heterocycles. The van der Waals surface area contributed by atoms with Crippen molar-refractivity contribution in [2.45, 2.75) is 6.42 Å². The number of nitrogens with zero attached hydrogens (tertiary/aromatic N) is 4. The van der Waals surface area contributed by atoms with E-state index in [1.165, 1.54) is 18.6 Å². The van der Waals surface area contributed by atoms with Gasteiger partial charge < -0.3 is 35.9 Å². The van der Waals surface area contributed by atoms with Crippen LogP contribution < -0.4 is 25.6 Å². The maximum atomic E-state index is 12.2. The number of anilines is 5. The third-order valence-electron chi connectivity index (χ3n) is 5.97. The second-order valence-electron chi connectivity index (χ2n) is 8.95. The van der Waals surface area contributed by atoms with Crippen LogP contribution in [0.15, 0.2) is 55.4 Å². The number of methoxy groups -OCH3 is 1. The quantitative estimate of drug-likeness (QED) is 0.194. The summed E-state index contributed by atoms with van der Waals surface area (Å²) in [5, 5.41) is 16.9. The Morgan fingerprint density at radius 3 is 2.53 bits per heavy atom. The van der Waals surface area contributed by atoms with E-state index < -0.39 is 0 Å². The molecular weight excluding hydrogens is 480 g/mol. The molecule has 10 nitrogen and oxygen atoms in total. The average Bonchev–Trinajstić information content (AvgIpc) is 2.92. The standard InChI is InChI=1S/C28H36N8O2/c1-7-28(37)34-23-14-24(26(38-6)16-25(23)36(5)12-8-11-35(3)4)33-27-15-22(31-18-32-27)19-9-10-20(17-29)21(13-19)30-2/h7,9-10,13-18,29-30H,1,8,11-12H2,2-6H3,(H,34,37)(H,31,32,33). The summed E-state index contributed by atoms with van der Waals surface area (Å²) in [6.45, 7) is 5.33. The van der Waals surface area contributed by atoms with Gasteiger partial charge >= 0.3 is 0 Å². The minimum Gasteiger partial charge on any atom is -0.494 e. The van der Waals surface area contributed by atoms with Crippen LogP contribution in [-0.2, 0) is 4.79 Å². The molecule has 2 aromatic carbocycles. The van der Waals surface area contributed by atoms with Gasteiger partial charge in [0.25, 0.3) is 0 Å². The van der Waals surface area contributed by atoms with Gasteiger partial charge in [0.15, 0.2) is 0 Å². The number of amides is 1. The predicted octanol–water partition coefficient (Wildman–Crippen LogP) is 4.45. The third-order valence-corrected chi connectivity index (χ3v) is 5.97. The van der Waals surface area contributed by atoms with E-state index in [1.54, 1.807) is 7.11 Å². The van der Waals surface area contributed by atoms with Crippen molar-refractivity contribution in [3.63, 3.8) is 0 Å². The van der Waals surface area contributed by atoms with Gasteiger partial charge in [-0.3, -0.25) is 4.79 Å². The van der Waals surface area contributed by atoms with Crippen molar-refractivity contribution in [2.75, 3.05) is 69.2 Å². The smallest absolute Gasteiger partial charge is 0.247 e. The molecule has 0 bridgehead atoms. The summed E-state index contributed by atoms with van der Waals surface area (Å²) < 4.78 is 5.70. The van der Waals surface area contributed by atoms with Crippen molar-refractivity contribution >= 4 is 40.7 Å². The van der Waals surface area contributed by atoms with Crippen LogP contribution in [0.5, 0.6) is 5.75 Å². The van der Waals surface area contributed by atoms with Crippen molar-refractivity contribution in [2.24, 2.45) is 0 Å². The molecule has 0 atom stereocenters. The summed E-state index contributed by atoms with van der Waals surface area (Å²) in [6, 6.07) is 11.3. The van der Waals surface area contributed by atoms with Crippen LogP contribution in [0.25, 0.3) is 11.3 Å². The van der Waals surface area contributed by atoms with Crippen LogP contribution >= 0.6 is 0 Å². The summed E-state index contributed by atoms with van der Waals surface area (Å²) in [6.07, 6.45) is 5.00. The lowest BCUT2D eigenvalue weighted by molar-refractivity contribution is -0.111. The molecule has 0 spiro atoms. The molecule has 3 aromatic rings. The molecule has 0 unspecified atom stereocenters. The highest BCUT2D eigenvalue weighted by Crippen LogP contribution is 2.38. The Balaban J connectivity index is 1.95. The first kappa shape index (κ1) is 28.1. The Kier molecular flexibility index (Phi) is 9.78. The van der Waals surface area contributed by atoms with Crippen molar-refractivity contribution in [3.8, 4) is 17.0 Å². The molecule has 10 heteroatoms. The largest absolute Gasteiger partial charge is 0.494 e. The maximum absolute atomic E-state index is 12.2. The lowest BCUT2D eigenvalue weighted by Crippen LogP contribution is -2.24. The Bertz CT molecular complexity index is 1290. The summed E-state index contributed by atoms with van der Waals surface area (Å²) in [5.41, 5.74) is 5.31. The zero-order valence-corrected chi connectivity index (χ0v) is 22.6. The fraction of sp³-hybridized carbons (Fsp3) is 0.286. The number of nitrogens with one attached hydrogen (secondary N) is 4. The highest BCUT2D eigenvalue weighted by Gasteiger charge is 2.16. The van der Waals surface area contributed by atoms with E-state index in [0.717, 1.165) is 42.0 Å². The molecule has 0 aliphatic rings. The molecule has 38 heavy (non-hydrogen) atoms. The Labute approximate surface area is 224 Å². The van der Waals surface area contributed by atoms with Gasteiger partial charge in [-0.25, -0.2) is 9.97 Å². The molecule has 0 aliphatic carbocycles. The molecule has 4 N–H and O–H groups in total. The van der Waals surface area contributed by atoms with Gasteiger partial charge in [0.05, 0.1) is 29.9 Å². The predicted molar refractivity (Wildman–Crippen MR) is 156 cm³/mol. The van der Waals surface area contributed by atoms with E-state index in [9.17, 15) is 4.79 Å². The van der Waals surface area contributed by atoms with Gasteiger partial charge in [-0.15, -0.1) is 0 Å². The third kappa shape index (κ3) is 7.07. The Hall–Kier alpha value is -4.44. The van der Waals surface area contributed by atoms with Gasteiger partial charge in [-0.2, -0.15) is 0 Å². The van der Waals surface area contributed by atoms with E-state index in [0.29, 0.717) is 28.6 Å². The highest BCUT2D eigenvalue weighted by atomic mass is 16.5. The molecule has 0 saturated carbocycles. The van der Waals surface area contributed by atoms with Crippen LogP contribution in [0.3, 0.4) is 0 Å². The molecule has 0 aliphatic heterocycles. The molecule has 1 aromatic heterocycles. The average molecular weight is 517 g/mol. The van der Waals surface area contributed by atoms with E-state index in [1.807, 2.05) is 64.6 Å². The zero-order valence-electron chi connectivity index (χ0n) is 22.6. The number of hydrogen-bond donors (Lipinski definition) is 4. The second kappa shape index (κ2) is 13.2. The highest BCUT2D eigenvalue weighted by molar-refractivity contribution is 6.02. The van der Waals surface area contributed by atoms with Crippen molar-refractivity contribution in [1.29, 1.82) is 5.41 Å². The van der Waals surface area contributed by atoms with Crippen LogP contribution in [0.4, 0.5) is 28.6 Å². The maximum Gasteiger partial charge on any atom is 0.247 e. The number of carbonyl (C=O) groups excluding carboxylic acids is 1. The number of benzene rings is 2. The molecule has 1 amide bonds. The van der Waals surface area contributed by atoms with Gasteiger partial charge in [-0.05, 0) is 45.3 Å². The minimum absolute atomic E-state index is 0.304. The first-order chi connectivity index (χ1) is 18.3. The number of aromatic nitrogens is 2. The monoisotopic (exact) mass is 516 g/mol. The summed E-state index contributed by atoms with van der Waals surface area (Å²) in [4.78, 5) is 25.3. The topological polar surface area (TPSA) is 118 Å². The summed E-state index contributed by atoms with van der Waals surface area (Å²) in [5.74, 6) is 0.856. The number of rotatable bonds is 13. The van der Waals surface area contributed by atoms with E-state index in [2.05, 4.69) is 42.3 Å². The first-order valence-corrected chi connectivity index (χ1v) is 12.2. The zero-order chi connectivity index (χ0) is 27.7. The fourth-order valence-corrected chi connectivity index (χ4v) is 3.96. The first-order valence-electron chi connectivity index (χ1n) is 12.2. The SMILES string of the molecule is C=CC(=O)Nc1cc(Nc2cc(-c3ccc(C=N)c(NC)c3)ncn2)c(OC)cc1N(C)CCCN(C)C. The van der Waals surface area contributed by atoms with Crippen molar-refractivity contribution in [3.05, 3.63) is 60.9 Å². The van der Waals surface area contributed by atoms with Gasteiger partial charge in [-0.1, -0.05) is 18.7 Å². The second-order valence-corrected chi connectivity index (χ2v) is 8.95. The Morgan fingerprint density at radius 2 is 1.87 bits per heavy atom.